The molecule has 0 saturated heterocycles. The molecule has 0 saturated carbocycles. The molecule has 108 valence electrons. The van der Waals surface area contributed by atoms with Crippen LogP contribution in [0.15, 0.2) is 36.7 Å². The summed E-state index contributed by atoms with van der Waals surface area (Å²) in [6.45, 7) is 6.92. The third-order valence-electron chi connectivity index (χ3n) is 3.83. The minimum atomic E-state index is -0.131. The van der Waals surface area contributed by atoms with Gasteiger partial charge in [-0.1, -0.05) is 12.1 Å². The second-order valence-corrected chi connectivity index (χ2v) is 6.07. The predicted octanol–water partition coefficient (Wildman–Crippen LogP) is 4.40. The van der Waals surface area contributed by atoms with Crippen molar-refractivity contribution in [2.24, 2.45) is 0 Å². The highest BCUT2D eigenvalue weighted by molar-refractivity contribution is 6.20. The van der Waals surface area contributed by atoms with Crippen molar-refractivity contribution >= 4 is 22.6 Å². The first-order chi connectivity index (χ1) is 10.1. The van der Waals surface area contributed by atoms with Crippen LogP contribution in [0.5, 0.6) is 0 Å². The van der Waals surface area contributed by atoms with Gasteiger partial charge in [-0.15, -0.1) is 11.6 Å². The second-order valence-electron chi connectivity index (χ2n) is 5.42. The van der Waals surface area contributed by atoms with E-state index in [1.807, 2.05) is 37.5 Å². The van der Waals surface area contributed by atoms with Crippen molar-refractivity contribution in [3.8, 4) is 0 Å². The Hall–Kier alpha value is -1.87. The summed E-state index contributed by atoms with van der Waals surface area (Å²) in [5.41, 5.74) is 5.79. The van der Waals surface area contributed by atoms with E-state index in [1.54, 1.807) is 0 Å². The van der Waals surface area contributed by atoms with Gasteiger partial charge in [0.05, 0.1) is 23.0 Å². The summed E-state index contributed by atoms with van der Waals surface area (Å²) >= 11 is 6.34. The summed E-state index contributed by atoms with van der Waals surface area (Å²) < 4.78 is 2.21. The van der Waals surface area contributed by atoms with E-state index in [1.165, 1.54) is 16.7 Å². The minimum Gasteiger partial charge on any atom is -0.322 e. The zero-order valence-electron chi connectivity index (χ0n) is 12.5. The standard InChI is InChI=1S/C17H18ClN3/c1-11-7-8-19-9-14(11)10-21-16-12(2)5-4-6-15(16)20-17(21)13(3)18/h4-9,13H,10H2,1-3H3. The lowest BCUT2D eigenvalue weighted by molar-refractivity contribution is 0.735. The highest BCUT2D eigenvalue weighted by Crippen LogP contribution is 2.27. The first-order valence-corrected chi connectivity index (χ1v) is 7.51. The van der Waals surface area contributed by atoms with Gasteiger partial charge in [0.1, 0.15) is 5.82 Å². The number of hydrogen-bond donors (Lipinski definition) is 0. The van der Waals surface area contributed by atoms with Gasteiger partial charge in [-0.05, 0) is 49.6 Å². The first kappa shape index (κ1) is 14.1. The Balaban J connectivity index is 2.20. The monoisotopic (exact) mass is 299 g/mol. The maximum Gasteiger partial charge on any atom is 0.128 e. The van der Waals surface area contributed by atoms with Crippen molar-refractivity contribution in [2.75, 3.05) is 0 Å². The Morgan fingerprint density at radius 3 is 2.71 bits per heavy atom. The van der Waals surface area contributed by atoms with Crippen LogP contribution in [0.4, 0.5) is 0 Å². The number of pyridine rings is 1. The maximum absolute atomic E-state index is 6.34. The van der Waals surface area contributed by atoms with Gasteiger partial charge in [-0.25, -0.2) is 4.98 Å². The lowest BCUT2D eigenvalue weighted by Gasteiger charge is -2.13. The maximum atomic E-state index is 6.34. The molecule has 3 aromatic rings. The third-order valence-corrected chi connectivity index (χ3v) is 4.02. The number of aromatic nitrogens is 3. The Morgan fingerprint density at radius 2 is 2.00 bits per heavy atom. The van der Waals surface area contributed by atoms with Crippen LogP contribution in [0.25, 0.3) is 11.0 Å². The Bertz CT molecular complexity index is 790. The molecule has 1 unspecified atom stereocenters. The molecular formula is C17H18ClN3. The SMILES string of the molecule is Cc1ccncc1Cn1c(C(C)Cl)nc2cccc(C)c21. The van der Waals surface area contributed by atoms with Gasteiger partial charge in [0, 0.05) is 12.4 Å². The summed E-state index contributed by atoms with van der Waals surface area (Å²) in [5.74, 6) is 0.907. The Labute approximate surface area is 129 Å². The number of imidazole rings is 1. The van der Waals surface area contributed by atoms with Crippen molar-refractivity contribution < 1.29 is 0 Å². The van der Waals surface area contributed by atoms with Crippen LogP contribution in [0, 0.1) is 13.8 Å². The number of benzene rings is 1. The molecule has 1 aromatic carbocycles. The van der Waals surface area contributed by atoms with Crippen molar-refractivity contribution in [1.82, 2.24) is 14.5 Å². The highest BCUT2D eigenvalue weighted by Gasteiger charge is 2.17. The third kappa shape index (κ3) is 2.54. The summed E-state index contributed by atoms with van der Waals surface area (Å²) in [6, 6.07) is 8.22. The average molecular weight is 300 g/mol. The summed E-state index contributed by atoms with van der Waals surface area (Å²) in [6.07, 6.45) is 3.74. The molecule has 0 fully saturated rings. The number of aryl methyl sites for hydroxylation is 2. The number of halogens is 1. The summed E-state index contributed by atoms with van der Waals surface area (Å²) in [4.78, 5) is 8.95. The first-order valence-electron chi connectivity index (χ1n) is 7.07. The molecule has 4 heteroatoms. The normalized spacial score (nSPS) is 12.8. The van der Waals surface area contributed by atoms with E-state index in [0.29, 0.717) is 0 Å². The average Bonchev–Trinajstić information content (AvgIpc) is 2.82. The van der Waals surface area contributed by atoms with Gasteiger partial charge < -0.3 is 4.57 Å². The molecule has 0 radical (unpaired) electrons. The molecule has 0 amide bonds. The van der Waals surface area contributed by atoms with E-state index in [0.717, 1.165) is 23.4 Å². The zero-order valence-corrected chi connectivity index (χ0v) is 13.2. The number of hydrogen-bond acceptors (Lipinski definition) is 2. The molecule has 2 heterocycles. The van der Waals surface area contributed by atoms with Crippen LogP contribution in [-0.2, 0) is 6.54 Å². The number of nitrogens with zero attached hydrogens (tertiary/aromatic N) is 3. The molecule has 0 aliphatic carbocycles. The van der Waals surface area contributed by atoms with Gasteiger partial charge in [-0.2, -0.15) is 0 Å². The van der Waals surface area contributed by atoms with E-state index in [2.05, 4.69) is 29.5 Å². The summed E-state index contributed by atoms with van der Waals surface area (Å²) in [5, 5.41) is -0.131. The van der Waals surface area contributed by atoms with E-state index in [9.17, 15) is 0 Å². The van der Waals surface area contributed by atoms with Crippen LogP contribution in [0.3, 0.4) is 0 Å². The smallest absolute Gasteiger partial charge is 0.128 e. The van der Waals surface area contributed by atoms with Crippen LogP contribution in [0.1, 0.15) is 34.8 Å². The Kier molecular flexibility index (Phi) is 3.68. The zero-order chi connectivity index (χ0) is 15.0. The van der Waals surface area contributed by atoms with E-state index in [-0.39, 0.29) is 5.38 Å². The van der Waals surface area contributed by atoms with Crippen molar-refractivity contribution in [3.05, 3.63) is 59.2 Å². The molecule has 3 rings (SSSR count). The largest absolute Gasteiger partial charge is 0.322 e. The Morgan fingerprint density at radius 1 is 1.19 bits per heavy atom. The molecule has 21 heavy (non-hydrogen) atoms. The molecule has 0 bridgehead atoms. The van der Waals surface area contributed by atoms with Crippen LogP contribution in [-0.4, -0.2) is 14.5 Å². The number of alkyl halides is 1. The minimum absolute atomic E-state index is 0.131. The number of para-hydroxylation sites is 1. The highest BCUT2D eigenvalue weighted by atomic mass is 35.5. The fraction of sp³-hybridized carbons (Fsp3) is 0.294. The van der Waals surface area contributed by atoms with Gasteiger partial charge in [0.2, 0.25) is 0 Å². The second kappa shape index (κ2) is 5.49. The van der Waals surface area contributed by atoms with Crippen molar-refractivity contribution in [2.45, 2.75) is 32.7 Å². The van der Waals surface area contributed by atoms with E-state index < -0.39 is 0 Å². The van der Waals surface area contributed by atoms with Gasteiger partial charge in [-0.3, -0.25) is 4.98 Å². The quantitative estimate of drug-likeness (QED) is 0.671. The van der Waals surface area contributed by atoms with Gasteiger partial charge in [0.25, 0.3) is 0 Å². The summed E-state index contributed by atoms with van der Waals surface area (Å²) in [7, 11) is 0. The van der Waals surface area contributed by atoms with Crippen molar-refractivity contribution in [1.29, 1.82) is 0 Å². The van der Waals surface area contributed by atoms with Crippen LogP contribution < -0.4 is 0 Å². The fourth-order valence-electron chi connectivity index (χ4n) is 2.68. The van der Waals surface area contributed by atoms with Gasteiger partial charge >= 0.3 is 0 Å². The molecule has 1 atom stereocenters. The molecule has 0 N–H and O–H groups in total. The molecule has 3 nitrogen and oxygen atoms in total. The lowest BCUT2D eigenvalue weighted by atomic mass is 10.1. The number of fused-ring (bicyclic) bond motifs is 1. The van der Waals surface area contributed by atoms with E-state index >= 15 is 0 Å². The van der Waals surface area contributed by atoms with Crippen LogP contribution >= 0.6 is 11.6 Å². The van der Waals surface area contributed by atoms with Gasteiger partial charge in [0.15, 0.2) is 0 Å². The molecule has 0 aliphatic rings. The predicted molar refractivity (Wildman–Crippen MR) is 86.8 cm³/mol. The topological polar surface area (TPSA) is 30.7 Å². The molecule has 0 aliphatic heterocycles. The fourth-order valence-corrected chi connectivity index (χ4v) is 2.85. The molecular weight excluding hydrogens is 282 g/mol. The molecule has 0 spiro atoms. The molecule has 2 aromatic heterocycles. The lowest BCUT2D eigenvalue weighted by Crippen LogP contribution is -2.07. The van der Waals surface area contributed by atoms with Crippen molar-refractivity contribution in [3.63, 3.8) is 0 Å². The van der Waals surface area contributed by atoms with E-state index in [4.69, 9.17) is 16.6 Å². The number of rotatable bonds is 3. The van der Waals surface area contributed by atoms with Crippen LogP contribution in [0.2, 0.25) is 0 Å².